The summed E-state index contributed by atoms with van der Waals surface area (Å²) in [5, 5.41) is 0. The minimum atomic E-state index is -1.34. The van der Waals surface area contributed by atoms with Crippen LogP contribution in [-0.4, -0.2) is 20.5 Å². The number of hydrogen-bond acceptors (Lipinski definition) is 2. The van der Waals surface area contributed by atoms with Gasteiger partial charge in [0.25, 0.3) is 0 Å². The fourth-order valence-corrected chi connectivity index (χ4v) is 5.31. The van der Waals surface area contributed by atoms with Crippen LogP contribution in [0.1, 0.15) is 33.1 Å². The van der Waals surface area contributed by atoms with E-state index in [0.717, 1.165) is 13.0 Å². The molecule has 14 heavy (non-hydrogen) atoms. The van der Waals surface area contributed by atoms with Gasteiger partial charge >= 0.3 is 0 Å². The highest BCUT2D eigenvalue weighted by molar-refractivity contribution is 6.71. The maximum absolute atomic E-state index is 6.27. The van der Waals surface area contributed by atoms with Crippen molar-refractivity contribution in [1.82, 2.24) is 0 Å². The van der Waals surface area contributed by atoms with Gasteiger partial charge in [0, 0.05) is 0 Å². The van der Waals surface area contributed by atoms with Crippen LogP contribution in [0.5, 0.6) is 0 Å². The summed E-state index contributed by atoms with van der Waals surface area (Å²) in [6, 6.07) is 1.31. The summed E-state index contributed by atoms with van der Waals surface area (Å²) in [6.07, 6.45) is 3.71. The highest BCUT2D eigenvalue weighted by Gasteiger charge is 2.41. The Bertz CT molecular complexity index is 192. The maximum Gasteiger partial charge on any atom is 0.187 e. The van der Waals surface area contributed by atoms with Gasteiger partial charge in [-0.15, -0.1) is 0 Å². The van der Waals surface area contributed by atoms with E-state index in [9.17, 15) is 0 Å². The van der Waals surface area contributed by atoms with Gasteiger partial charge in [0.2, 0.25) is 0 Å². The molecule has 1 heterocycles. The standard InChI is InChI=1S/C11H25NOSi/c1-11(2)10(6-5-8-12)7-9-14(3,4)13-11/h10H,5-9,12H2,1-4H3. The predicted molar refractivity (Wildman–Crippen MR) is 63.8 cm³/mol. The second-order valence-corrected chi connectivity index (χ2v) is 9.86. The summed E-state index contributed by atoms with van der Waals surface area (Å²) in [6.45, 7) is 9.97. The average Bonchev–Trinajstić information content (AvgIpc) is 2.00. The largest absolute Gasteiger partial charge is 0.412 e. The van der Waals surface area contributed by atoms with Crippen LogP contribution in [0.15, 0.2) is 0 Å². The summed E-state index contributed by atoms with van der Waals surface area (Å²) in [5.41, 5.74) is 5.64. The molecule has 0 spiro atoms. The summed E-state index contributed by atoms with van der Waals surface area (Å²) in [7, 11) is -1.34. The van der Waals surface area contributed by atoms with Crippen molar-refractivity contribution >= 4 is 8.32 Å². The Morgan fingerprint density at radius 1 is 1.43 bits per heavy atom. The van der Waals surface area contributed by atoms with E-state index in [1.807, 2.05) is 0 Å². The quantitative estimate of drug-likeness (QED) is 0.735. The van der Waals surface area contributed by atoms with Gasteiger partial charge < -0.3 is 10.2 Å². The van der Waals surface area contributed by atoms with E-state index >= 15 is 0 Å². The molecule has 0 saturated carbocycles. The van der Waals surface area contributed by atoms with Gasteiger partial charge in [-0.1, -0.05) is 0 Å². The second kappa shape index (κ2) is 4.33. The summed E-state index contributed by atoms with van der Waals surface area (Å²) >= 11 is 0. The molecule has 0 amide bonds. The van der Waals surface area contributed by atoms with E-state index in [4.69, 9.17) is 10.2 Å². The molecule has 1 saturated heterocycles. The number of hydrogen-bond donors (Lipinski definition) is 1. The Morgan fingerprint density at radius 2 is 2.07 bits per heavy atom. The molecule has 3 heteroatoms. The predicted octanol–water partition coefficient (Wildman–Crippen LogP) is 2.75. The van der Waals surface area contributed by atoms with E-state index in [2.05, 4.69) is 26.9 Å². The molecular weight excluding hydrogens is 190 g/mol. The molecule has 1 aliphatic heterocycles. The van der Waals surface area contributed by atoms with Crippen molar-refractivity contribution in [3.63, 3.8) is 0 Å². The first-order valence-electron chi connectivity index (χ1n) is 5.78. The van der Waals surface area contributed by atoms with Crippen LogP contribution in [-0.2, 0) is 4.43 Å². The zero-order valence-electron chi connectivity index (χ0n) is 10.1. The van der Waals surface area contributed by atoms with Crippen molar-refractivity contribution < 1.29 is 4.43 Å². The van der Waals surface area contributed by atoms with Gasteiger partial charge in [-0.3, -0.25) is 0 Å². The molecule has 2 N–H and O–H groups in total. The van der Waals surface area contributed by atoms with E-state index < -0.39 is 8.32 Å². The molecule has 0 aromatic rings. The van der Waals surface area contributed by atoms with Gasteiger partial charge in [-0.2, -0.15) is 0 Å². The first kappa shape index (κ1) is 12.2. The first-order chi connectivity index (χ1) is 6.37. The lowest BCUT2D eigenvalue weighted by Crippen LogP contribution is -2.50. The first-order valence-corrected chi connectivity index (χ1v) is 8.89. The van der Waals surface area contributed by atoms with Gasteiger partial charge in [0.15, 0.2) is 8.32 Å². The molecule has 0 bridgehead atoms. The van der Waals surface area contributed by atoms with Crippen LogP contribution >= 0.6 is 0 Å². The third-order valence-corrected chi connectivity index (χ3v) is 5.95. The SMILES string of the molecule is CC1(C)O[Si](C)(C)CCC1CCCN. The van der Waals surface area contributed by atoms with Gasteiger partial charge in [-0.25, -0.2) is 0 Å². The Labute approximate surface area is 89.3 Å². The lowest BCUT2D eigenvalue weighted by Gasteiger charge is -2.46. The van der Waals surface area contributed by atoms with E-state index in [0.29, 0.717) is 5.92 Å². The molecule has 0 radical (unpaired) electrons. The van der Waals surface area contributed by atoms with Crippen LogP contribution in [0.3, 0.4) is 0 Å². The zero-order chi connectivity index (χ0) is 10.8. The topological polar surface area (TPSA) is 35.2 Å². The average molecular weight is 215 g/mol. The number of rotatable bonds is 3. The highest BCUT2D eigenvalue weighted by Crippen LogP contribution is 2.39. The summed E-state index contributed by atoms with van der Waals surface area (Å²) < 4.78 is 6.27. The van der Waals surface area contributed by atoms with E-state index in [-0.39, 0.29) is 5.60 Å². The van der Waals surface area contributed by atoms with Crippen LogP contribution < -0.4 is 5.73 Å². The van der Waals surface area contributed by atoms with E-state index in [1.54, 1.807) is 0 Å². The van der Waals surface area contributed by atoms with Crippen molar-refractivity contribution in [3.05, 3.63) is 0 Å². The van der Waals surface area contributed by atoms with Crippen molar-refractivity contribution in [1.29, 1.82) is 0 Å². The molecule has 0 aliphatic carbocycles. The maximum atomic E-state index is 6.27. The lowest BCUT2D eigenvalue weighted by molar-refractivity contribution is 0.00997. The monoisotopic (exact) mass is 215 g/mol. The molecule has 2 nitrogen and oxygen atoms in total. The molecule has 1 aliphatic rings. The summed E-state index contributed by atoms with van der Waals surface area (Å²) in [4.78, 5) is 0. The molecule has 1 fully saturated rings. The Kier molecular flexibility index (Phi) is 3.78. The lowest BCUT2D eigenvalue weighted by atomic mass is 9.85. The smallest absolute Gasteiger partial charge is 0.187 e. The molecule has 1 rings (SSSR count). The number of nitrogens with two attached hydrogens (primary N) is 1. The minimum absolute atomic E-state index is 0.0865. The zero-order valence-corrected chi connectivity index (χ0v) is 11.1. The molecule has 0 aromatic heterocycles. The third kappa shape index (κ3) is 3.07. The van der Waals surface area contributed by atoms with Gasteiger partial charge in [0.05, 0.1) is 5.60 Å². The molecule has 1 unspecified atom stereocenters. The molecular formula is C11H25NOSi. The van der Waals surface area contributed by atoms with Gasteiger partial charge in [-0.05, 0) is 64.7 Å². The van der Waals surface area contributed by atoms with Crippen molar-refractivity contribution in [3.8, 4) is 0 Å². The van der Waals surface area contributed by atoms with Crippen molar-refractivity contribution in [2.75, 3.05) is 6.54 Å². The third-order valence-electron chi connectivity index (χ3n) is 3.37. The Hall–Kier alpha value is 0.137. The second-order valence-electron chi connectivity index (χ2n) is 5.63. The molecule has 1 atom stereocenters. The van der Waals surface area contributed by atoms with Crippen LogP contribution in [0, 0.1) is 5.92 Å². The molecule has 84 valence electrons. The fourth-order valence-electron chi connectivity index (χ4n) is 2.57. The van der Waals surface area contributed by atoms with Crippen LogP contribution in [0.4, 0.5) is 0 Å². The van der Waals surface area contributed by atoms with Crippen LogP contribution in [0.2, 0.25) is 19.1 Å². The van der Waals surface area contributed by atoms with Crippen LogP contribution in [0.25, 0.3) is 0 Å². The molecule has 0 aromatic carbocycles. The fraction of sp³-hybridized carbons (Fsp3) is 1.00. The Balaban J connectivity index is 2.54. The van der Waals surface area contributed by atoms with E-state index in [1.165, 1.54) is 18.9 Å². The van der Waals surface area contributed by atoms with Gasteiger partial charge in [0.1, 0.15) is 0 Å². The van der Waals surface area contributed by atoms with Crippen molar-refractivity contribution in [2.24, 2.45) is 11.7 Å². The van der Waals surface area contributed by atoms with Crippen molar-refractivity contribution in [2.45, 2.75) is 57.8 Å². The summed E-state index contributed by atoms with van der Waals surface area (Å²) in [5.74, 6) is 0.714. The highest BCUT2D eigenvalue weighted by atomic mass is 28.4. The Morgan fingerprint density at radius 3 is 2.57 bits per heavy atom. The normalized spacial score (nSPS) is 30.2. The minimum Gasteiger partial charge on any atom is -0.412 e.